The minimum atomic E-state index is 0.459. The molecule has 0 aromatic heterocycles. The number of ether oxygens (including phenoxy) is 1. The van der Waals surface area contributed by atoms with Gasteiger partial charge in [-0.05, 0) is 30.4 Å². The van der Waals surface area contributed by atoms with Gasteiger partial charge in [0, 0.05) is 4.47 Å². The second-order valence-electron chi connectivity index (χ2n) is 4.70. The Kier molecular flexibility index (Phi) is 4.42. The maximum absolute atomic E-state index is 6.03. The van der Waals surface area contributed by atoms with E-state index in [0.29, 0.717) is 6.10 Å². The zero-order valence-corrected chi connectivity index (χ0v) is 11.4. The van der Waals surface area contributed by atoms with E-state index in [9.17, 15) is 0 Å². The van der Waals surface area contributed by atoms with Crippen molar-refractivity contribution < 1.29 is 4.74 Å². The molecule has 2 unspecified atom stereocenters. The molecular formula is C14H19BrO. The zero-order valence-electron chi connectivity index (χ0n) is 9.79. The summed E-state index contributed by atoms with van der Waals surface area (Å²) in [7, 11) is 0. The van der Waals surface area contributed by atoms with Crippen LogP contribution in [-0.4, -0.2) is 6.10 Å². The van der Waals surface area contributed by atoms with Crippen molar-refractivity contribution in [2.75, 3.05) is 0 Å². The Labute approximate surface area is 106 Å². The van der Waals surface area contributed by atoms with E-state index in [1.54, 1.807) is 0 Å². The van der Waals surface area contributed by atoms with Crippen molar-refractivity contribution in [1.29, 1.82) is 0 Å². The molecule has 2 heteroatoms. The Morgan fingerprint density at radius 1 is 1.25 bits per heavy atom. The monoisotopic (exact) mass is 282 g/mol. The molecule has 1 saturated carbocycles. The van der Waals surface area contributed by atoms with E-state index in [4.69, 9.17) is 4.74 Å². The lowest BCUT2D eigenvalue weighted by Crippen LogP contribution is -2.25. The van der Waals surface area contributed by atoms with E-state index in [1.165, 1.54) is 31.2 Å². The summed E-state index contributed by atoms with van der Waals surface area (Å²) in [5.74, 6) is 0.719. The molecule has 0 bridgehead atoms. The molecule has 1 aliphatic carbocycles. The zero-order chi connectivity index (χ0) is 11.4. The van der Waals surface area contributed by atoms with E-state index in [1.807, 2.05) is 6.07 Å². The summed E-state index contributed by atoms with van der Waals surface area (Å²) in [4.78, 5) is 0. The van der Waals surface area contributed by atoms with Crippen molar-refractivity contribution in [3.8, 4) is 0 Å². The van der Waals surface area contributed by atoms with Crippen LogP contribution in [0.3, 0.4) is 0 Å². The van der Waals surface area contributed by atoms with Crippen LogP contribution in [0.2, 0.25) is 0 Å². The molecule has 0 spiro atoms. The van der Waals surface area contributed by atoms with Crippen molar-refractivity contribution in [2.24, 2.45) is 5.92 Å². The third kappa shape index (κ3) is 3.08. The van der Waals surface area contributed by atoms with E-state index in [0.717, 1.165) is 17.0 Å². The van der Waals surface area contributed by atoms with Gasteiger partial charge in [0.15, 0.2) is 0 Å². The number of hydrogen-bond acceptors (Lipinski definition) is 1. The first-order chi connectivity index (χ1) is 7.77. The molecule has 0 amide bonds. The van der Waals surface area contributed by atoms with Crippen LogP contribution < -0.4 is 0 Å². The first-order valence-corrected chi connectivity index (χ1v) is 6.91. The first-order valence-electron chi connectivity index (χ1n) is 6.12. The molecule has 2 atom stereocenters. The van der Waals surface area contributed by atoms with Crippen molar-refractivity contribution in [3.63, 3.8) is 0 Å². The highest BCUT2D eigenvalue weighted by Crippen LogP contribution is 2.27. The smallest absolute Gasteiger partial charge is 0.0731 e. The Morgan fingerprint density at radius 2 is 2.00 bits per heavy atom. The molecule has 1 aromatic carbocycles. The van der Waals surface area contributed by atoms with Crippen LogP contribution in [0.15, 0.2) is 28.7 Å². The fraction of sp³-hybridized carbons (Fsp3) is 0.571. The van der Waals surface area contributed by atoms with Gasteiger partial charge in [0.05, 0.1) is 12.7 Å². The molecule has 2 rings (SSSR count). The highest BCUT2D eigenvalue weighted by molar-refractivity contribution is 9.10. The van der Waals surface area contributed by atoms with Crippen LogP contribution in [0, 0.1) is 5.92 Å². The van der Waals surface area contributed by atoms with Crippen molar-refractivity contribution in [3.05, 3.63) is 34.3 Å². The van der Waals surface area contributed by atoms with Gasteiger partial charge in [-0.2, -0.15) is 0 Å². The molecule has 1 nitrogen and oxygen atoms in total. The minimum Gasteiger partial charge on any atom is -0.373 e. The Balaban J connectivity index is 1.89. The van der Waals surface area contributed by atoms with Crippen LogP contribution >= 0.6 is 15.9 Å². The second kappa shape index (κ2) is 5.83. The number of hydrogen-bond donors (Lipinski definition) is 0. The van der Waals surface area contributed by atoms with E-state index in [2.05, 4.69) is 41.1 Å². The summed E-state index contributed by atoms with van der Waals surface area (Å²) in [5, 5.41) is 0. The summed E-state index contributed by atoms with van der Waals surface area (Å²) in [6.45, 7) is 3.04. The fourth-order valence-corrected chi connectivity index (χ4v) is 2.74. The van der Waals surface area contributed by atoms with E-state index < -0.39 is 0 Å². The molecule has 0 saturated heterocycles. The molecule has 1 aromatic rings. The van der Waals surface area contributed by atoms with Gasteiger partial charge in [0.2, 0.25) is 0 Å². The first kappa shape index (κ1) is 12.1. The fourth-order valence-electron chi connectivity index (χ4n) is 2.34. The molecule has 0 radical (unpaired) electrons. The van der Waals surface area contributed by atoms with Gasteiger partial charge in [0.25, 0.3) is 0 Å². The SMILES string of the molecule is CC1CCCCC1OCc1ccccc1Br. The molecule has 0 N–H and O–H groups in total. The standard InChI is InChI=1S/C14H19BrO/c1-11-6-2-5-9-14(11)16-10-12-7-3-4-8-13(12)15/h3-4,7-8,11,14H,2,5-6,9-10H2,1H3. The van der Waals surface area contributed by atoms with Crippen LogP contribution in [0.1, 0.15) is 38.2 Å². The quantitative estimate of drug-likeness (QED) is 0.791. The molecule has 88 valence electrons. The maximum atomic E-state index is 6.03. The molecule has 0 heterocycles. The number of benzene rings is 1. The summed E-state index contributed by atoms with van der Waals surface area (Å²) < 4.78 is 7.18. The van der Waals surface area contributed by atoms with Crippen molar-refractivity contribution >= 4 is 15.9 Å². The van der Waals surface area contributed by atoms with Gasteiger partial charge >= 0.3 is 0 Å². The summed E-state index contributed by atoms with van der Waals surface area (Å²) >= 11 is 3.56. The highest BCUT2D eigenvalue weighted by atomic mass is 79.9. The third-order valence-corrected chi connectivity index (χ3v) is 4.22. The average molecular weight is 283 g/mol. The predicted octanol–water partition coefficient (Wildman–Crippen LogP) is 4.54. The van der Waals surface area contributed by atoms with Gasteiger partial charge in [-0.3, -0.25) is 0 Å². The lowest BCUT2D eigenvalue weighted by molar-refractivity contribution is -0.0156. The molecule has 16 heavy (non-hydrogen) atoms. The lowest BCUT2D eigenvalue weighted by Gasteiger charge is -2.28. The normalized spacial score (nSPS) is 25.6. The summed E-state index contributed by atoms with van der Waals surface area (Å²) in [6, 6.07) is 8.30. The Bertz CT molecular complexity index is 337. The molecule has 1 fully saturated rings. The van der Waals surface area contributed by atoms with Crippen LogP contribution in [0.4, 0.5) is 0 Å². The van der Waals surface area contributed by atoms with Gasteiger partial charge < -0.3 is 4.74 Å². The van der Waals surface area contributed by atoms with Gasteiger partial charge in [-0.25, -0.2) is 0 Å². The van der Waals surface area contributed by atoms with E-state index in [-0.39, 0.29) is 0 Å². The maximum Gasteiger partial charge on any atom is 0.0731 e. The Morgan fingerprint density at radius 3 is 2.75 bits per heavy atom. The average Bonchev–Trinajstić information content (AvgIpc) is 2.30. The van der Waals surface area contributed by atoms with Gasteiger partial charge in [-0.15, -0.1) is 0 Å². The van der Waals surface area contributed by atoms with Crippen molar-refractivity contribution in [1.82, 2.24) is 0 Å². The van der Waals surface area contributed by atoms with Gasteiger partial charge in [-0.1, -0.05) is 53.9 Å². The van der Waals surface area contributed by atoms with Gasteiger partial charge in [0.1, 0.15) is 0 Å². The Hall–Kier alpha value is -0.340. The lowest BCUT2D eigenvalue weighted by atomic mass is 9.88. The second-order valence-corrected chi connectivity index (χ2v) is 5.56. The van der Waals surface area contributed by atoms with Crippen LogP contribution in [0.25, 0.3) is 0 Å². The largest absolute Gasteiger partial charge is 0.373 e. The van der Waals surface area contributed by atoms with Crippen molar-refractivity contribution in [2.45, 2.75) is 45.3 Å². The summed E-state index contributed by atoms with van der Waals surface area (Å²) in [6.07, 6.45) is 5.70. The highest BCUT2D eigenvalue weighted by Gasteiger charge is 2.21. The molecular weight excluding hydrogens is 264 g/mol. The minimum absolute atomic E-state index is 0.459. The predicted molar refractivity (Wildman–Crippen MR) is 70.4 cm³/mol. The topological polar surface area (TPSA) is 9.23 Å². The molecule has 1 aliphatic rings. The number of halogens is 1. The number of rotatable bonds is 3. The third-order valence-electron chi connectivity index (χ3n) is 3.44. The summed E-state index contributed by atoms with van der Waals surface area (Å²) in [5.41, 5.74) is 1.25. The van der Waals surface area contributed by atoms with Crippen LogP contribution in [-0.2, 0) is 11.3 Å². The molecule has 0 aliphatic heterocycles. The van der Waals surface area contributed by atoms with E-state index >= 15 is 0 Å². The van der Waals surface area contributed by atoms with Crippen LogP contribution in [0.5, 0.6) is 0 Å².